The molecule has 0 aliphatic heterocycles. The molecule has 0 saturated heterocycles. The molecule has 0 unspecified atom stereocenters. The highest BCUT2D eigenvalue weighted by Gasteiger charge is 2.27. The fourth-order valence-electron chi connectivity index (χ4n) is 2.84. The Morgan fingerprint density at radius 2 is 1.86 bits per heavy atom. The minimum absolute atomic E-state index is 0.00280. The summed E-state index contributed by atoms with van der Waals surface area (Å²) in [6, 6.07) is 7.77. The van der Waals surface area contributed by atoms with E-state index in [0.717, 1.165) is 36.8 Å². The Hall–Kier alpha value is -1.55. The summed E-state index contributed by atoms with van der Waals surface area (Å²) in [6.45, 7) is 5.02. The number of amides is 2. The average molecular weight is 290 g/mol. The van der Waals surface area contributed by atoms with Crippen LogP contribution in [0.25, 0.3) is 0 Å². The van der Waals surface area contributed by atoms with Gasteiger partial charge in [0, 0.05) is 12.6 Å². The van der Waals surface area contributed by atoms with Crippen LogP contribution in [0.4, 0.5) is 4.79 Å². The van der Waals surface area contributed by atoms with Gasteiger partial charge in [-0.05, 0) is 42.2 Å². The van der Waals surface area contributed by atoms with Crippen LogP contribution < -0.4 is 10.6 Å². The Morgan fingerprint density at radius 3 is 2.48 bits per heavy atom. The molecule has 4 heteroatoms. The van der Waals surface area contributed by atoms with Crippen molar-refractivity contribution >= 4 is 6.03 Å². The van der Waals surface area contributed by atoms with Crippen molar-refractivity contribution in [3.8, 4) is 0 Å². The summed E-state index contributed by atoms with van der Waals surface area (Å²) >= 11 is 0. The van der Waals surface area contributed by atoms with Crippen molar-refractivity contribution < 1.29 is 9.90 Å². The van der Waals surface area contributed by atoms with Gasteiger partial charge in [0.2, 0.25) is 0 Å². The second kappa shape index (κ2) is 6.94. The third kappa shape index (κ3) is 4.74. The van der Waals surface area contributed by atoms with E-state index in [2.05, 4.69) is 24.5 Å². The zero-order valence-corrected chi connectivity index (χ0v) is 13.0. The van der Waals surface area contributed by atoms with Crippen LogP contribution in [0.15, 0.2) is 24.3 Å². The summed E-state index contributed by atoms with van der Waals surface area (Å²) in [5.41, 5.74) is 2.23. The van der Waals surface area contributed by atoms with E-state index in [9.17, 15) is 9.90 Å². The fraction of sp³-hybridized carbons (Fsp3) is 0.588. The first-order chi connectivity index (χ1) is 10.00. The van der Waals surface area contributed by atoms with Gasteiger partial charge in [-0.25, -0.2) is 4.79 Å². The molecular formula is C17H26N2O2. The number of nitrogens with one attached hydrogen (secondary N) is 2. The van der Waals surface area contributed by atoms with E-state index in [1.54, 1.807) is 0 Å². The molecule has 0 bridgehead atoms. The molecule has 1 fully saturated rings. The van der Waals surface area contributed by atoms with Gasteiger partial charge in [0.1, 0.15) is 0 Å². The normalized spacial score (nSPS) is 18.2. The topological polar surface area (TPSA) is 61.4 Å². The molecule has 2 amide bonds. The van der Waals surface area contributed by atoms with E-state index in [1.807, 2.05) is 24.3 Å². The van der Waals surface area contributed by atoms with E-state index in [-0.39, 0.29) is 18.7 Å². The SMILES string of the molecule is CC1(C)CCC(NC(=O)NCc2ccccc2CO)CC1. The Labute approximate surface area is 126 Å². The first-order valence-electron chi connectivity index (χ1n) is 7.72. The number of rotatable bonds is 4. The summed E-state index contributed by atoms with van der Waals surface area (Å²) < 4.78 is 0. The van der Waals surface area contributed by atoms with Crippen LogP contribution in [0.5, 0.6) is 0 Å². The Balaban J connectivity index is 1.78. The molecule has 3 N–H and O–H groups in total. The maximum absolute atomic E-state index is 12.0. The largest absolute Gasteiger partial charge is 0.392 e. The van der Waals surface area contributed by atoms with Crippen LogP contribution in [-0.4, -0.2) is 17.2 Å². The van der Waals surface area contributed by atoms with Crippen molar-refractivity contribution in [1.29, 1.82) is 0 Å². The van der Waals surface area contributed by atoms with Gasteiger partial charge in [-0.1, -0.05) is 38.1 Å². The van der Waals surface area contributed by atoms with E-state index < -0.39 is 0 Å². The highest BCUT2D eigenvalue weighted by Crippen LogP contribution is 2.34. The predicted octanol–water partition coefficient (Wildman–Crippen LogP) is 2.95. The smallest absolute Gasteiger partial charge is 0.315 e. The van der Waals surface area contributed by atoms with E-state index >= 15 is 0 Å². The van der Waals surface area contributed by atoms with E-state index in [1.165, 1.54) is 0 Å². The molecule has 0 aromatic heterocycles. The molecule has 1 aromatic carbocycles. The third-order valence-electron chi connectivity index (χ3n) is 4.40. The van der Waals surface area contributed by atoms with E-state index in [4.69, 9.17) is 0 Å². The van der Waals surface area contributed by atoms with Gasteiger partial charge < -0.3 is 15.7 Å². The fourth-order valence-corrected chi connectivity index (χ4v) is 2.84. The molecule has 0 heterocycles. The van der Waals surface area contributed by atoms with Crippen LogP contribution in [0.3, 0.4) is 0 Å². The highest BCUT2D eigenvalue weighted by atomic mass is 16.3. The lowest BCUT2D eigenvalue weighted by Gasteiger charge is -2.34. The number of urea groups is 1. The van der Waals surface area contributed by atoms with Gasteiger partial charge in [0.15, 0.2) is 0 Å². The van der Waals surface area contributed by atoms with Crippen molar-refractivity contribution in [3.05, 3.63) is 35.4 Å². The van der Waals surface area contributed by atoms with Crippen LogP contribution >= 0.6 is 0 Å². The van der Waals surface area contributed by atoms with Gasteiger partial charge in [-0.2, -0.15) is 0 Å². The maximum atomic E-state index is 12.0. The highest BCUT2D eigenvalue weighted by molar-refractivity contribution is 5.74. The number of aliphatic hydroxyl groups is 1. The first-order valence-corrected chi connectivity index (χ1v) is 7.72. The molecule has 1 aliphatic carbocycles. The molecule has 1 aromatic rings. The van der Waals surface area contributed by atoms with Crippen molar-refractivity contribution in [2.45, 2.75) is 58.7 Å². The standard InChI is InChI=1S/C17H26N2O2/c1-17(2)9-7-15(8-10-17)19-16(21)18-11-13-5-3-4-6-14(13)12-20/h3-6,15,20H,7-12H2,1-2H3,(H2,18,19,21). The van der Waals surface area contributed by atoms with Crippen LogP contribution in [0.2, 0.25) is 0 Å². The van der Waals surface area contributed by atoms with Crippen molar-refractivity contribution in [3.63, 3.8) is 0 Å². The van der Waals surface area contributed by atoms with Crippen molar-refractivity contribution in [2.24, 2.45) is 5.41 Å². The van der Waals surface area contributed by atoms with Crippen molar-refractivity contribution in [2.75, 3.05) is 0 Å². The Bertz CT molecular complexity index is 475. The lowest BCUT2D eigenvalue weighted by atomic mass is 9.76. The van der Waals surface area contributed by atoms with Crippen LogP contribution in [0, 0.1) is 5.41 Å². The van der Waals surface area contributed by atoms with Gasteiger partial charge in [-0.15, -0.1) is 0 Å². The average Bonchev–Trinajstić information content (AvgIpc) is 2.47. The maximum Gasteiger partial charge on any atom is 0.315 e. The summed E-state index contributed by atoms with van der Waals surface area (Å²) in [5.74, 6) is 0. The monoisotopic (exact) mass is 290 g/mol. The first kappa shape index (κ1) is 15.8. The molecule has 1 saturated carbocycles. The summed E-state index contributed by atoms with van der Waals surface area (Å²) in [5, 5.41) is 15.2. The van der Waals surface area contributed by atoms with E-state index in [0.29, 0.717) is 12.0 Å². The molecule has 0 atom stereocenters. The van der Waals surface area contributed by atoms with Gasteiger partial charge >= 0.3 is 6.03 Å². The lowest BCUT2D eigenvalue weighted by Crippen LogP contribution is -2.44. The number of benzene rings is 1. The number of hydrogen-bond donors (Lipinski definition) is 3. The molecular weight excluding hydrogens is 264 g/mol. The molecule has 1 aliphatic rings. The molecule has 21 heavy (non-hydrogen) atoms. The number of aliphatic hydroxyl groups excluding tert-OH is 1. The van der Waals surface area contributed by atoms with Gasteiger partial charge in [-0.3, -0.25) is 0 Å². The third-order valence-corrected chi connectivity index (χ3v) is 4.40. The number of carbonyl (C=O) groups excluding carboxylic acids is 1. The second-order valence-electron chi connectivity index (χ2n) is 6.69. The minimum atomic E-state index is -0.118. The molecule has 2 rings (SSSR count). The summed E-state index contributed by atoms with van der Waals surface area (Å²) in [7, 11) is 0. The minimum Gasteiger partial charge on any atom is -0.392 e. The number of carbonyl (C=O) groups is 1. The Kier molecular flexibility index (Phi) is 5.23. The quantitative estimate of drug-likeness (QED) is 0.798. The zero-order valence-electron chi connectivity index (χ0n) is 13.0. The van der Waals surface area contributed by atoms with Crippen LogP contribution in [0.1, 0.15) is 50.7 Å². The Morgan fingerprint density at radius 1 is 1.24 bits per heavy atom. The summed E-state index contributed by atoms with van der Waals surface area (Å²) in [4.78, 5) is 12.0. The molecule has 4 nitrogen and oxygen atoms in total. The van der Waals surface area contributed by atoms with Crippen molar-refractivity contribution in [1.82, 2.24) is 10.6 Å². The predicted molar refractivity (Wildman–Crippen MR) is 83.8 cm³/mol. The van der Waals surface area contributed by atoms with Gasteiger partial charge in [0.05, 0.1) is 6.61 Å². The molecule has 0 spiro atoms. The van der Waals surface area contributed by atoms with Crippen LogP contribution in [-0.2, 0) is 13.2 Å². The number of hydrogen-bond acceptors (Lipinski definition) is 2. The lowest BCUT2D eigenvalue weighted by molar-refractivity contribution is 0.197. The zero-order chi connectivity index (χ0) is 15.3. The molecule has 0 radical (unpaired) electrons. The second-order valence-corrected chi connectivity index (χ2v) is 6.69. The van der Waals surface area contributed by atoms with Gasteiger partial charge in [0.25, 0.3) is 0 Å². The molecule has 116 valence electrons. The summed E-state index contributed by atoms with van der Waals surface area (Å²) in [6.07, 6.45) is 4.41.